The summed E-state index contributed by atoms with van der Waals surface area (Å²) in [5.41, 5.74) is 1.16. The summed E-state index contributed by atoms with van der Waals surface area (Å²) in [6, 6.07) is 7.02. The molecule has 4 rings (SSSR count). The van der Waals surface area contributed by atoms with Crippen molar-refractivity contribution >= 4 is 23.0 Å². The molecule has 2 aliphatic heterocycles. The second kappa shape index (κ2) is 7.80. The van der Waals surface area contributed by atoms with E-state index >= 15 is 0 Å². The molecule has 1 aromatic heterocycles. The average Bonchev–Trinajstić information content (AvgIpc) is 3.08. The molecule has 2 unspecified atom stereocenters. The van der Waals surface area contributed by atoms with Gasteiger partial charge in [-0.15, -0.1) is 0 Å². The largest absolute Gasteiger partial charge is 0.497 e. The number of methoxy groups -OCH3 is 1. The zero-order valence-corrected chi connectivity index (χ0v) is 16.1. The lowest BCUT2D eigenvalue weighted by molar-refractivity contribution is 0.0348. The van der Waals surface area contributed by atoms with Gasteiger partial charge in [-0.25, -0.2) is 4.99 Å². The Hall–Kier alpha value is -2.21. The molecule has 2 aromatic rings. The van der Waals surface area contributed by atoms with E-state index in [1.165, 1.54) is 32.1 Å². The average molecular weight is 368 g/mol. The third-order valence-electron chi connectivity index (χ3n) is 6.32. The molecule has 1 N–H and O–H groups in total. The van der Waals surface area contributed by atoms with E-state index in [-0.39, 0.29) is 5.91 Å². The van der Waals surface area contributed by atoms with Crippen LogP contribution in [0, 0.1) is 5.92 Å². The van der Waals surface area contributed by atoms with Gasteiger partial charge in [0, 0.05) is 29.8 Å². The second-order valence-corrected chi connectivity index (χ2v) is 7.92. The van der Waals surface area contributed by atoms with E-state index in [4.69, 9.17) is 4.74 Å². The van der Waals surface area contributed by atoms with Crippen LogP contribution in [0.1, 0.15) is 55.4 Å². The molecule has 144 valence electrons. The van der Waals surface area contributed by atoms with Gasteiger partial charge in [-0.2, -0.15) is 5.10 Å². The van der Waals surface area contributed by atoms with E-state index in [0.717, 1.165) is 47.5 Å². The van der Waals surface area contributed by atoms with Gasteiger partial charge in [0.2, 0.25) is 0 Å². The van der Waals surface area contributed by atoms with Crippen LogP contribution in [-0.2, 0) is 0 Å². The van der Waals surface area contributed by atoms with Gasteiger partial charge in [0.25, 0.3) is 5.91 Å². The van der Waals surface area contributed by atoms with Gasteiger partial charge < -0.3 is 9.64 Å². The zero-order valence-electron chi connectivity index (χ0n) is 16.1. The van der Waals surface area contributed by atoms with Crippen molar-refractivity contribution in [2.24, 2.45) is 10.9 Å². The number of benzene rings is 1. The molecule has 1 aromatic carbocycles. The monoisotopic (exact) mass is 368 g/mol. The standard InChI is InChI=1S/C21H28N4O2/c1-25-15-6-3-7-16(25)12-14(11-15)5-4-10-22-21(26)20-18-9-8-17(27-2)13-19(18)23-24-20/h8-10,13-16H,3-7,11-12H2,1-2H3,(H,23,24). The summed E-state index contributed by atoms with van der Waals surface area (Å²) in [5, 5.41) is 7.80. The number of carbonyl (C=O) groups excluding carboxylic acids is 1. The first kappa shape index (κ1) is 18.2. The Morgan fingerprint density at radius 2 is 2.15 bits per heavy atom. The highest BCUT2D eigenvalue weighted by Crippen LogP contribution is 2.37. The van der Waals surface area contributed by atoms with Gasteiger partial charge in [-0.3, -0.25) is 9.89 Å². The lowest BCUT2D eigenvalue weighted by Crippen LogP contribution is -2.49. The van der Waals surface area contributed by atoms with Gasteiger partial charge in [-0.05, 0) is 63.6 Å². The quantitative estimate of drug-likeness (QED) is 0.815. The lowest BCUT2D eigenvalue weighted by atomic mass is 9.77. The first-order valence-electron chi connectivity index (χ1n) is 9.96. The molecule has 3 heterocycles. The van der Waals surface area contributed by atoms with Crippen LogP contribution >= 0.6 is 0 Å². The zero-order chi connectivity index (χ0) is 18.8. The minimum absolute atomic E-state index is 0.285. The van der Waals surface area contributed by atoms with Crippen molar-refractivity contribution in [1.29, 1.82) is 0 Å². The number of ether oxygens (including phenoxy) is 1. The molecule has 2 atom stereocenters. The van der Waals surface area contributed by atoms with Crippen molar-refractivity contribution in [3.8, 4) is 5.75 Å². The van der Waals surface area contributed by atoms with Crippen molar-refractivity contribution < 1.29 is 9.53 Å². The van der Waals surface area contributed by atoms with Gasteiger partial charge in [-0.1, -0.05) is 6.42 Å². The molecule has 0 saturated carbocycles. The van der Waals surface area contributed by atoms with Crippen LogP contribution in [0.4, 0.5) is 0 Å². The topological polar surface area (TPSA) is 70.6 Å². The maximum Gasteiger partial charge on any atom is 0.297 e. The molecule has 2 saturated heterocycles. The molecular formula is C21H28N4O2. The number of hydrogen-bond donors (Lipinski definition) is 1. The SMILES string of the molecule is COc1ccc2c(C(=O)N=CCCC3CC4CCCC(C3)N4C)n[nH]c2c1. The fourth-order valence-corrected chi connectivity index (χ4v) is 4.77. The predicted molar refractivity (Wildman–Crippen MR) is 107 cm³/mol. The molecular weight excluding hydrogens is 340 g/mol. The van der Waals surface area contributed by atoms with Gasteiger partial charge >= 0.3 is 0 Å². The number of H-pyrrole nitrogens is 1. The Morgan fingerprint density at radius 1 is 1.37 bits per heavy atom. The summed E-state index contributed by atoms with van der Waals surface area (Å²) in [4.78, 5) is 19.1. The normalized spacial score (nSPS) is 25.9. The smallest absolute Gasteiger partial charge is 0.297 e. The van der Waals surface area contributed by atoms with Crippen LogP contribution in [0.5, 0.6) is 5.75 Å². The van der Waals surface area contributed by atoms with Crippen LogP contribution in [-0.4, -0.2) is 53.5 Å². The molecule has 2 bridgehead atoms. The number of nitrogens with zero attached hydrogens (tertiary/aromatic N) is 3. The number of rotatable bonds is 5. The molecule has 2 aliphatic rings. The number of aliphatic imine (C=N–C) groups is 1. The Labute approximate surface area is 160 Å². The Bertz CT molecular complexity index is 830. The predicted octanol–water partition coefficient (Wildman–Crippen LogP) is 3.83. The fraction of sp³-hybridized carbons (Fsp3) is 0.571. The maximum absolute atomic E-state index is 12.4. The van der Waals surface area contributed by atoms with Crippen LogP contribution in [0.15, 0.2) is 23.2 Å². The molecule has 2 fully saturated rings. The number of aromatic nitrogens is 2. The van der Waals surface area contributed by atoms with E-state index in [1.807, 2.05) is 18.2 Å². The van der Waals surface area contributed by atoms with E-state index in [1.54, 1.807) is 13.3 Å². The van der Waals surface area contributed by atoms with E-state index < -0.39 is 0 Å². The first-order chi connectivity index (χ1) is 13.2. The minimum atomic E-state index is -0.285. The number of amides is 1. The number of piperidine rings is 2. The number of fused-ring (bicyclic) bond motifs is 3. The van der Waals surface area contributed by atoms with Gasteiger partial charge in [0.05, 0.1) is 12.6 Å². The molecule has 0 radical (unpaired) electrons. The van der Waals surface area contributed by atoms with Crippen LogP contribution in [0.2, 0.25) is 0 Å². The summed E-state index contributed by atoms with van der Waals surface area (Å²) in [7, 11) is 3.90. The molecule has 6 heteroatoms. The molecule has 27 heavy (non-hydrogen) atoms. The first-order valence-corrected chi connectivity index (χ1v) is 9.96. The summed E-state index contributed by atoms with van der Waals surface area (Å²) in [5.74, 6) is 1.21. The van der Waals surface area contributed by atoms with Gasteiger partial charge in [0.1, 0.15) is 5.75 Å². The number of aromatic amines is 1. The fourth-order valence-electron chi connectivity index (χ4n) is 4.77. The van der Waals surface area contributed by atoms with E-state index in [0.29, 0.717) is 5.69 Å². The van der Waals surface area contributed by atoms with Crippen LogP contribution < -0.4 is 4.74 Å². The van der Waals surface area contributed by atoms with E-state index in [2.05, 4.69) is 27.1 Å². The highest BCUT2D eigenvalue weighted by atomic mass is 16.5. The van der Waals surface area contributed by atoms with Gasteiger partial charge in [0.15, 0.2) is 5.69 Å². The van der Waals surface area contributed by atoms with Crippen molar-refractivity contribution in [1.82, 2.24) is 15.1 Å². The molecule has 0 aliphatic carbocycles. The van der Waals surface area contributed by atoms with Crippen molar-refractivity contribution in [2.45, 2.75) is 57.0 Å². The van der Waals surface area contributed by atoms with E-state index in [9.17, 15) is 4.79 Å². The second-order valence-electron chi connectivity index (χ2n) is 7.92. The molecule has 6 nitrogen and oxygen atoms in total. The molecule has 0 spiro atoms. The molecule has 1 amide bonds. The summed E-state index contributed by atoms with van der Waals surface area (Å²) < 4.78 is 5.20. The van der Waals surface area contributed by atoms with Crippen molar-refractivity contribution in [3.63, 3.8) is 0 Å². The third kappa shape index (κ3) is 3.76. The number of hydrogen-bond acceptors (Lipinski definition) is 4. The Kier molecular flexibility index (Phi) is 5.25. The highest BCUT2D eigenvalue weighted by molar-refractivity contribution is 6.07. The highest BCUT2D eigenvalue weighted by Gasteiger charge is 2.35. The summed E-state index contributed by atoms with van der Waals surface area (Å²) in [6.45, 7) is 0. The Morgan fingerprint density at radius 3 is 2.89 bits per heavy atom. The van der Waals surface area contributed by atoms with Crippen molar-refractivity contribution in [3.05, 3.63) is 23.9 Å². The van der Waals surface area contributed by atoms with Crippen LogP contribution in [0.25, 0.3) is 10.9 Å². The Balaban J connectivity index is 1.33. The number of nitrogens with one attached hydrogen (secondary N) is 1. The number of carbonyl (C=O) groups is 1. The maximum atomic E-state index is 12.4. The summed E-state index contributed by atoms with van der Waals surface area (Å²) in [6.07, 6.45) is 10.4. The lowest BCUT2D eigenvalue weighted by Gasteiger charge is -2.47. The minimum Gasteiger partial charge on any atom is -0.497 e. The summed E-state index contributed by atoms with van der Waals surface area (Å²) >= 11 is 0. The third-order valence-corrected chi connectivity index (χ3v) is 6.32. The van der Waals surface area contributed by atoms with Crippen molar-refractivity contribution in [2.75, 3.05) is 14.2 Å². The van der Waals surface area contributed by atoms with Crippen LogP contribution in [0.3, 0.4) is 0 Å².